The van der Waals surface area contributed by atoms with Gasteiger partial charge in [0.1, 0.15) is 0 Å². The van der Waals surface area contributed by atoms with Crippen LogP contribution in [0.15, 0.2) is 36.7 Å². The van der Waals surface area contributed by atoms with Crippen molar-refractivity contribution in [1.82, 2.24) is 30.4 Å². The Bertz CT molecular complexity index is 863. The molecular formula is C12H10N7O3P. The molecule has 0 saturated heterocycles. The first-order chi connectivity index (χ1) is 10.9. The largest absolute Gasteiger partial charge is 0.396 e. The summed E-state index contributed by atoms with van der Waals surface area (Å²) in [4.78, 5) is 26.1. The van der Waals surface area contributed by atoms with Gasteiger partial charge in [0.15, 0.2) is 0 Å². The highest BCUT2D eigenvalue weighted by Gasteiger charge is 2.17. The van der Waals surface area contributed by atoms with Gasteiger partial charge in [-0.05, 0) is 12.1 Å². The Morgan fingerprint density at radius 3 is 1.87 bits per heavy atom. The summed E-state index contributed by atoms with van der Waals surface area (Å²) in [5, 5.41) is 15.5. The molecule has 0 aliphatic carbocycles. The maximum Gasteiger partial charge on any atom is 0.356 e. The molecule has 3 rings (SSSR count). The first-order valence-corrected chi connectivity index (χ1v) is 7.86. The number of hydrogen-bond acceptors (Lipinski definition) is 8. The fourth-order valence-corrected chi connectivity index (χ4v) is 2.23. The van der Waals surface area contributed by atoms with Crippen molar-refractivity contribution in [2.45, 2.75) is 0 Å². The molecule has 11 heteroatoms. The van der Waals surface area contributed by atoms with Crippen molar-refractivity contribution in [1.29, 1.82) is 0 Å². The number of anilines is 1. The van der Waals surface area contributed by atoms with Crippen molar-refractivity contribution in [3.8, 4) is 23.0 Å². The summed E-state index contributed by atoms with van der Waals surface area (Å²) in [5.41, 5.74) is 6.43. The van der Waals surface area contributed by atoms with Crippen LogP contribution in [0.5, 0.6) is 0 Å². The lowest BCUT2D eigenvalue weighted by molar-refractivity contribution is 0.387. The van der Waals surface area contributed by atoms with Crippen molar-refractivity contribution >= 4 is 18.6 Å². The lowest BCUT2D eigenvalue weighted by atomic mass is 10.2. The first-order valence-electron chi connectivity index (χ1n) is 6.25. The molecule has 0 aliphatic rings. The third-order valence-electron chi connectivity index (χ3n) is 2.81. The Labute approximate surface area is 129 Å². The molecule has 0 atom stereocenters. The number of benzene rings is 1. The van der Waals surface area contributed by atoms with Gasteiger partial charge in [0.05, 0.1) is 23.4 Å². The zero-order chi connectivity index (χ0) is 16.4. The van der Waals surface area contributed by atoms with Crippen molar-refractivity contribution in [2.75, 3.05) is 5.73 Å². The second kappa shape index (κ2) is 5.76. The smallest absolute Gasteiger partial charge is 0.356 e. The van der Waals surface area contributed by atoms with E-state index in [1.807, 2.05) is 0 Å². The van der Waals surface area contributed by atoms with Gasteiger partial charge >= 0.3 is 7.60 Å². The van der Waals surface area contributed by atoms with E-state index in [1.54, 1.807) is 0 Å². The minimum atomic E-state index is -4.28. The van der Waals surface area contributed by atoms with Crippen molar-refractivity contribution < 1.29 is 14.4 Å². The molecule has 116 valence electrons. The van der Waals surface area contributed by atoms with Gasteiger partial charge < -0.3 is 15.5 Å². The molecule has 10 nitrogen and oxygen atoms in total. The first kappa shape index (κ1) is 15.1. The van der Waals surface area contributed by atoms with Gasteiger partial charge in [0.25, 0.3) is 0 Å². The van der Waals surface area contributed by atoms with E-state index in [1.165, 1.54) is 36.7 Å². The Hall–Kier alpha value is -2.81. The maximum atomic E-state index is 11.1. The molecule has 0 saturated carbocycles. The van der Waals surface area contributed by atoms with Crippen molar-refractivity contribution in [3.63, 3.8) is 0 Å². The molecule has 0 amide bonds. The van der Waals surface area contributed by atoms with Gasteiger partial charge in [-0.15, -0.1) is 20.4 Å². The van der Waals surface area contributed by atoms with Gasteiger partial charge in [-0.2, -0.15) is 0 Å². The molecule has 2 aromatic heterocycles. The number of rotatable bonds is 3. The Morgan fingerprint density at radius 2 is 1.35 bits per heavy atom. The monoisotopic (exact) mass is 331 g/mol. The van der Waals surface area contributed by atoms with E-state index in [9.17, 15) is 4.57 Å². The van der Waals surface area contributed by atoms with Crippen LogP contribution >= 0.6 is 7.60 Å². The molecule has 3 aromatic rings. The second-order valence-electron chi connectivity index (χ2n) is 4.48. The lowest BCUT2D eigenvalue weighted by Gasteiger charge is -2.04. The van der Waals surface area contributed by atoms with Crippen LogP contribution in [-0.4, -0.2) is 40.1 Å². The number of nitrogens with two attached hydrogens (primary N) is 1. The molecule has 0 fully saturated rings. The van der Waals surface area contributed by atoms with Crippen LogP contribution in [0.4, 0.5) is 5.69 Å². The topological polar surface area (TPSA) is 161 Å². The van der Waals surface area contributed by atoms with Gasteiger partial charge in [0.2, 0.25) is 17.5 Å². The van der Waals surface area contributed by atoms with Gasteiger partial charge in [-0.25, -0.2) is 9.97 Å². The van der Waals surface area contributed by atoms with E-state index in [0.29, 0.717) is 11.3 Å². The fourth-order valence-electron chi connectivity index (χ4n) is 1.69. The normalized spacial score (nSPS) is 11.4. The van der Waals surface area contributed by atoms with E-state index < -0.39 is 7.60 Å². The highest BCUT2D eigenvalue weighted by molar-refractivity contribution is 7.60. The summed E-state index contributed by atoms with van der Waals surface area (Å²) in [6.07, 6.45) is 2.83. The summed E-state index contributed by atoms with van der Waals surface area (Å²) in [7, 11) is -4.28. The molecule has 0 spiro atoms. The van der Waals surface area contributed by atoms with Gasteiger partial charge in [-0.3, -0.25) is 4.57 Å². The number of hydrogen-bond donors (Lipinski definition) is 3. The van der Waals surface area contributed by atoms with Crippen LogP contribution in [-0.2, 0) is 4.57 Å². The number of aromatic nitrogens is 6. The van der Waals surface area contributed by atoms with Crippen molar-refractivity contribution in [2.24, 2.45) is 0 Å². The quantitative estimate of drug-likeness (QED) is 0.547. The van der Waals surface area contributed by atoms with E-state index in [0.717, 1.165) is 0 Å². The average Bonchev–Trinajstić information content (AvgIpc) is 2.55. The van der Waals surface area contributed by atoms with Crippen LogP contribution in [0, 0.1) is 0 Å². The van der Waals surface area contributed by atoms with Crippen LogP contribution in [0.1, 0.15) is 0 Å². The molecule has 0 bridgehead atoms. The molecule has 1 aromatic carbocycles. The Balaban J connectivity index is 1.87. The number of nitrogen functional groups attached to an aromatic ring is 1. The lowest BCUT2D eigenvalue weighted by Crippen LogP contribution is -2.05. The van der Waals surface area contributed by atoms with E-state index in [-0.39, 0.29) is 22.8 Å². The minimum absolute atomic E-state index is 0.0888. The molecule has 0 radical (unpaired) electrons. The van der Waals surface area contributed by atoms with Crippen LogP contribution in [0.25, 0.3) is 23.0 Å². The second-order valence-corrected chi connectivity index (χ2v) is 6.08. The highest BCUT2D eigenvalue weighted by Crippen LogP contribution is 2.33. The SMILES string of the molecule is Nc1cnc(-c2nnc(-c3ccc(P(=O)(O)O)cc3)nn2)nc1. The summed E-state index contributed by atoms with van der Waals surface area (Å²) >= 11 is 0. The van der Waals surface area contributed by atoms with Gasteiger partial charge in [0, 0.05) is 5.56 Å². The van der Waals surface area contributed by atoms with Crippen LogP contribution in [0.3, 0.4) is 0 Å². The maximum absolute atomic E-state index is 11.1. The number of nitrogens with zero attached hydrogens (tertiary/aromatic N) is 6. The van der Waals surface area contributed by atoms with Crippen molar-refractivity contribution in [3.05, 3.63) is 36.7 Å². The zero-order valence-electron chi connectivity index (χ0n) is 11.5. The molecule has 0 unspecified atom stereocenters. The average molecular weight is 331 g/mol. The third-order valence-corrected chi connectivity index (χ3v) is 3.78. The summed E-state index contributed by atoms with van der Waals surface area (Å²) in [6, 6.07) is 5.56. The summed E-state index contributed by atoms with van der Waals surface area (Å²) < 4.78 is 11.1. The summed E-state index contributed by atoms with van der Waals surface area (Å²) in [5.74, 6) is 0.588. The fraction of sp³-hybridized carbons (Fsp3) is 0. The predicted molar refractivity (Wildman–Crippen MR) is 80.2 cm³/mol. The molecule has 0 aliphatic heterocycles. The highest BCUT2D eigenvalue weighted by atomic mass is 31.2. The minimum Gasteiger partial charge on any atom is -0.396 e. The Morgan fingerprint density at radius 1 is 0.826 bits per heavy atom. The predicted octanol–water partition coefficient (Wildman–Crippen LogP) is -0.224. The van der Waals surface area contributed by atoms with Gasteiger partial charge in [-0.1, -0.05) is 12.1 Å². The van der Waals surface area contributed by atoms with E-state index in [4.69, 9.17) is 15.5 Å². The zero-order valence-corrected chi connectivity index (χ0v) is 12.4. The van der Waals surface area contributed by atoms with E-state index in [2.05, 4.69) is 30.4 Å². The standard InChI is InChI=1S/C12H10N7O3P/c13-8-5-14-11(15-6-8)12-18-16-10(17-19-12)7-1-3-9(4-2-7)23(20,21)22/h1-6H,13H2,(H2,20,21,22). The van der Waals surface area contributed by atoms with Crippen LogP contribution < -0.4 is 11.0 Å². The molecular weight excluding hydrogens is 321 g/mol. The Kier molecular flexibility index (Phi) is 3.78. The molecule has 23 heavy (non-hydrogen) atoms. The third kappa shape index (κ3) is 3.34. The van der Waals surface area contributed by atoms with E-state index >= 15 is 0 Å². The summed E-state index contributed by atoms with van der Waals surface area (Å²) in [6.45, 7) is 0. The van der Waals surface area contributed by atoms with Crippen LogP contribution in [0.2, 0.25) is 0 Å². The molecule has 4 N–H and O–H groups in total. The molecule has 2 heterocycles.